The first-order valence-electron chi connectivity index (χ1n) is 11.7. The number of H-pyrrole nitrogens is 1. The number of amides is 4. The molecule has 0 aliphatic carbocycles. The van der Waals surface area contributed by atoms with E-state index in [-0.39, 0.29) is 44.6 Å². The molecule has 39 heavy (non-hydrogen) atoms. The molecule has 0 radical (unpaired) electrons. The van der Waals surface area contributed by atoms with Gasteiger partial charge < -0.3 is 54.1 Å². The third kappa shape index (κ3) is 12.9. The van der Waals surface area contributed by atoms with Crippen LogP contribution in [-0.4, -0.2) is 92.4 Å². The Hall–Kier alpha value is -4.74. The lowest BCUT2D eigenvalue weighted by Crippen LogP contribution is -2.57. The number of hydrogen-bond acceptors (Lipinski definition) is 9. The molecule has 1 aromatic rings. The maximum absolute atomic E-state index is 13.0. The molecule has 0 aliphatic rings. The highest BCUT2D eigenvalue weighted by atomic mass is 16.4. The second kappa shape index (κ2) is 16.2. The van der Waals surface area contributed by atoms with E-state index >= 15 is 0 Å². The SMILES string of the molecule is NC(=O)CCC(NC(=O)C(CCCN=C(N)N)NC(=O)C(CC(=O)O)NC(=O)C(N)Cc1cnc[nH]1)C(=O)O. The van der Waals surface area contributed by atoms with Gasteiger partial charge in [-0.25, -0.2) is 9.78 Å². The van der Waals surface area contributed by atoms with E-state index in [2.05, 4.69) is 30.9 Å². The molecule has 0 saturated heterocycles. The summed E-state index contributed by atoms with van der Waals surface area (Å²) in [7, 11) is 0. The molecule has 0 aliphatic heterocycles. The number of aliphatic carboxylic acids is 2. The number of nitrogens with two attached hydrogens (primary N) is 4. The average Bonchev–Trinajstić information content (AvgIpc) is 3.35. The molecule has 1 rings (SSSR count). The quantitative estimate of drug-likeness (QED) is 0.0467. The highest BCUT2D eigenvalue weighted by molar-refractivity contribution is 5.95. The first-order chi connectivity index (χ1) is 18.3. The number of guanidine groups is 1. The third-order valence-corrected chi connectivity index (χ3v) is 5.22. The highest BCUT2D eigenvalue weighted by Gasteiger charge is 2.31. The van der Waals surface area contributed by atoms with Gasteiger partial charge in [-0.1, -0.05) is 0 Å². The van der Waals surface area contributed by atoms with Crippen LogP contribution in [0.4, 0.5) is 0 Å². The van der Waals surface area contributed by atoms with Gasteiger partial charge in [0.1, 0.15) is 18.1 Å². The minimum absolute atomic E-state index is 0.0188. The fraction of sp³-hybridized carbons (Fsp3) is 0.524. The number of carboxylic acids is 2. The predicted molar refractivity (Wildman–Crippen MR) is 134 cm³/mol. The second-order valence-electron chi connectivity index (χ2n) is 8.46. The summed E-state index contributed by atoms with van der Waals surface area (Å²) in [6, 6.07) is -5.66. The van der Waals surface area contributed by atoms with Gasteiger partial charge in [0.2, 0.25) is 23.6 Å². The van der Waals surface area contributed by atoms with E-state index in [1.807, 2.05) is 0 Å². The van der Waals surface area contributed by atoms with Crippen LogP contribution in [0.2, 0.25) is 0 Å². The molecular formula is C21H34N10O8. The molecule has 0 spiro atoms. The number of imidazole rings is 1. The largest absolute Gasteiger partial charge is 0.481 e. The number of nitrogens with one attached hydrogen (secondary N) is 4. The van der Waals surface area contributed by atoms with Crippen molar-refractivity contribution in [2.75, 3.05) is 6.54 Å². The van der Waals surface area contributed by atoms with Crippen LogP contribution < -0.4 is 38.9 Å². The van der Waals surface area contributed by atoms with Crippen LogP contribution in [0.5, 0.6) is 0 Å². The maximum Gasteiger partial charge on any atom is 0.326 e. The van der Waals surface area contributed by atoms with Crippen LogP contribution in [0.3, 0.4) is 0 Å². The van der Waals surface area contributed by atoms with Crippen molar-refractivity contribution in [3.8, 4) is 0 Å². The monoisotopic (exact) mass is 554 g/mol. The molecule has 18 heteroatoms. The summed E-state index contributed by atoms with van der Waals surface area (Å²) < 4.78 is 0. The summed E-state index contributed by atoms with van der Waals surface area (Å²) in [5.41, 5.74) is 22.0. The van der Waals surface area contributed by atoms with Gasteiger partial charge in [0.05, 0.1) is 18.8 Å². The standard InChI is InChI=1S/C21H34N10O8/c22-11(6-10-8-26-9-28-10)17(35)31-14(7-16(33)34)19(37)29-12(2-1-5-27-21(24)25)18(36)30-13(20(38)39)3-4-15(23)32/h8-9,11-14H,1-7,22H2,(H2,23,32)(H,26,28)(H,29,37)(H,30,36)(H,31,35)(H,33,34)(H,38,39)(H4,24,25,27). The van der Waals surface area contributed by atoms with Gasteiger partial charge in [-0.05, 0) is 19.3 Å². The summed E-state index contributed by atoms with van der Waals surface area (Å²) in [6.07, 6.45) is 1.42. The van der Waals surface area contributed by atoms with E-state index in [9.17, 15) is 39.0 Å². The van der Waals surface area contributed by atoms with Crippen molar-refractivity contribution in [3.63, 3.8) is 0 Å². The van der Waals surface area contributed by atoms with Crippen LogP contribution in [0.1, 0.15) is 37.8 Å². The lowest BCUT2D eigenvalue weighted by Gasteiger charge is -2.24. The molecule has 0 bridgehead atoms. The Kier molecular flexibility index (Phi) is 13.4. The number of primary amides is 1. The summed E-state index contributed by atoms with van der Waals surface area (Å²) in [4.78, 5) is 82.7. The van der Waals surface area contributed by atoms with Crippen LogP contribution in [0.15, 0.2) is 17.5 Å². The van der Waals surface area contributed by atoms with E-state index in [0.29, 0.717) is 5.69 Å². The Labute approximate surface area is 222 Å². The second-order valence-corrected chi connectivity index (χ2v) is 8.46. The number of aliphatic imine (C=N–C) groups is 1. The molecule has 18 nitrogen and oxygen atoms in total. The maximum atomic E-state index is 13.0. The average molecular weight is 555 g/mol. The summed E-state index contributed by atoms with van der Waals surface area (Å²) in [5.74, 6) is -6.69. The first kappa shape index (κ1) is 32.3. The number of nitrogens with zero attached hydrogens (tertiary/aromatic N) is 2. The van der Waals surface area contributed by atoms with E-state index < -0.39 is 66.2 Å². The minimum atomic E-state index is -1.62. The van der Waals surface area contributed by atoms with Crippen LogP contribution in [0.25, 0.3) is 0 Å². The Balaban J connectivity index is 3.02. The number of aromatic amines is 1. The minimum Gasteiger partial charge on any atom is -0.481 e. The number of hydrogen-bond donors (Lipinski definition) is 10. The molecule has 4 amide bonds. The zero-order valence-electron chi connectivity index (χ0n) is 21.0. The van der Waals surface area contributed by atoms with Crippen molar-refractivity contribution < 1.29 is 39.0 Å². The lowest BCUT2D eigenvalue weighted by molar-refractivity contribution is -0.143. The predicted octanol–water partition coefficient (Wildman–Crippen LogP) is -4.39. The fourth-order valence-electron chi connectivity index (χ4n) is 3.25. The van der Waals surface area contributed by atoms with Gasteiger partial charge in [0, 0.05) is 31.3 Å². The fourth-order valence-corrected chi connectivity index (χ4v) is 3.25. The molecule has 216 valence electrons. The van der Waals surface area contributed by atoms with Crippen LogP contribution >= 0.6 is 0 Å². The molecule has 4 unspecified atom stereocenters. The zero-order valence-corrected chi connectivity index (χ0v) is 21.0. The van der Waals surface area contributed by atoms with Gasteiger partial charge in [-0.3, -0.25) is 29.0 Å². The molecule has 14 N–H and O–H groups in total. The van der Waals surface area contributed by atoms with Gasteiger partial charge >= 0.3 is 11.9 Å². The Bertz CT molecular complexity index is 1040. The Morgan fingerprint density at radius 2 is 1.54 bits per heavy atom. The molecular weight excluding hydrogens is 520 g/mol. The van der Waals surface area contributed by atoms with Gasteiger partial charge in [-0.15, -0.1) is 0 Å². The highest BCUT2D eigenvalue weighted by Crippen LogP contribution is 2.05. The summed E-state index contributed by atoms with van der Waals surface area (Å²) in [5, 5.41) is 25.4. The van der Waals surface area contributed by atoms with Crippen molar-refractivity contribution in [2.45, 2.75) is 62.7 Å². The number of carbonyl (C=O) groups is 6. The van der Waals surface area contributed by atoms with Crippen molar-refractivity contribution >= 4 is 41.5 Å². The molecule has 4 atom stereocenters. The van der Waals surface area contributed by atoms with E-state index in [1.165, 1.54) is 12.5 Å². The first-order valence-corrected chi connectivity index (χ1v) is 11.7. The van der Waals surface area contributed by atoms with Gasteiger partial charge in [-0.2, -0.15) is 0 Å². The van der Waals surface area contributed by atoms with Gasteiger partial charge in [0.15, 0.2) is 5.96 Å². The van der Waals surface area contributed by atoms with E-state index in [0.717, 1.165) is 0 Å². The molecule has 0 saturated carbocycles. The zero-order chi connectivity index (χ0) is 29.5. The molecule has 0 aromatic carbocycles. The van der Waals surface area contributed by atoms with E-state index in [4.69, 9.17) is 22.9 Å². The third-order valence-electron chi connectivity index (χ3n) is 5.22. The van der Waals surface area contributed by atoms with Gasteiger partial charge in [0.25, 0.3) is 0 Å². The van der Waals surface area contributed by atoms with Crippen LogP contribution in [0, 0.1) is 0 Å². The molecule has 0 fully saturated rings. The summed E-state index contributed by atoms with van der Waals surface area (Å²) >= 11 is 0. The van der Waals surface area contributed by atoms with Crippen molar-refractivity contribution in [3.05, 3.63) is 18.2 Å². The number of carbonyl (C=O) groups excluding carboxylic acids is 4. The topological polar surface area (TPSA) is 324 Å². The number of carboxylic acid groups (broad SMARTS) is 2. The van der Waals surface area contributed by atoms with Crippen molar-refractivity contribution in [2.24, 2.45) is 27.9 Å². The van der Waals surface area contributed by atoms with Crippen molar-refractivity contribution in [1.82, 2.24) is 25.9 Å². The summed E-state index contributed by atoms with van der Waals surface area (Å²) in [6.45, 7) is 0.0593. The normalized spacial score (nSPS) is 13.7. The Morgan fingerprint density at radius 3 is 2.08 bits per heavy atom. The lowest BCUT2D eigenvalue weighted by atomic mass is 10.1. The Morgan fingerprint density at radius 1 is 0.923 bits per heavy atom. The van der Waals surface area contributed by atoms with Crippen molar-refractivity contribution in [1.29, 1.82) is 0 Å². The number of aromatic nitrogens is 2. The molecule has 1 aromatic heterocycles. The van der Waals surface area contributed by atoms with E-state index in [1.54, 1.807) is 0 Å². The van der Waals surface area contributed by atoms with Crippen LogP contribution in [-0.2, 0) is 35.2 Å². The molecule has 1 heterocycles. The number of rotatable bonds is 18. The smallest absolute Gasteiger partial charge is 0.326 e.